The molecule has 0 aromatic carbocycles. The van der Waals surface area contributed by atoms with E-state index in [-0.39, 0.29) is 0 Å². The Balaban J connectivity index is 2.71. The summed E-state index contributed by atoms with van der Waals surface area (Å²) in [6.45, 7) is 17.8. The maximum Gasteiger partial charge on any atom is 0.0274 e. The van der Waals surface area contributed by atoms with Gasteiger partial charge in [0.05, 0.1) is 0 Å². The molecule has 1 saturated carbocycles. The summed E-state index contributed by atoms with van der Waals surface area (Å²) < 4.78 is 0. The van der Waals surface area contributed by atoms with Gasteiger partial charge in [0.1, 0.15) is 0 Å². The van der Waals surface area contributed by atoms with Gasteiger partial charge in [-0.1, -0.05) is 48.0 Å². The first-order valence-corrected chi connectivity index (χ1v) is 8.43. The van der Waals surface area contributed by atoms with Crippen molar-refractivity contribution >= 4 is 0 Å². The van der Waals surface area contributed by atoms with Crippen molar-refractivity contribution in [3.63, 3.8) is 0 Å². The van der Waals surface area contributed by atoms with Crippen molar-refractivity contribution in [2.24, 2.45) is 11.3 Å². The Morgan fingerprint density at radius 2 is 1.95 bits per heavy atom. The third kappa shape index (κ3) is 4.46. The molecule has 1 rings (SSSR count). The summed E-state index contributed by atoms with van der Waals surface area (Å²) in [5.41, 5.74) is 0.447. The molecule has 0 radical (unpaired) electrons. The van der Waals surface area contributed by atoms with E-state index in [1.165, 1.54) is 38.8 Å². The fraction of sp³-hybridized carbons (Fsp3) is 1.00. The average molecular weight is 268 g/mol. The number of hydrogen-bond donors (Lipinski definition) is 1. The van der Waals surface area contributed by atoms with Crippen molar-refractivity contribution in [2.75, 3.05) is 19.6 Å². The number of nitrogens with zero attached hydrogens (tertiary/aromatic N) is 1. The number of rotatable bonds is 8. The minimum absolute atomic E-state index is 0.447. The Bertz CT molecular complexity index is 250. The fourth-order valence-corrected chi connectivity index (χ4v) is 3.50. The largest absolute Gasteiger partial charge is 0.312 e. The monoisotopic (exact) mass is 268 g/mol. The van der Waals surface area contributed by atoms with E-state index in [2.05, 4.69) is 51.8 Å². The van der Waals surface area contributed by atoms with Crippen LogP contribution >= 0.6 is 0 Å². The van der Waals surface area contributed by atoms with Crippen molar-refractivity contribution in [2.45, 2.75) is 79.3 Å². The first-order valence-electron chi connectivity index (χ1n) is 8.43. The fourth-order valence-electron chi connectivity index (χ4n) is 3.50. The summed E-state index contributed by atoms with van der Waals surface area (Å²) in [5, 5.41) is 3.84. The molecular weight excluding hydrogens is 232 g/mol. The molecule has 0 aliphatic heterocycles. The van der Waals surface area contributed by atoms with Crippen molar-refractivity contribution in [3.05, 3.63) is 0 Å². The van der Waals surface area contributed by atoms with Crippen LogP contribution in [-0.4, -0.2) is 36.6 Å². The van der Waals surface area contributed by atoms with Gasteiger partial charge in [0.25, 0.3) is 0 Å². The molecule has 114 valence electrons. The van der Waals surface area contributed by atoms with Crippen molar-refractivity contribution in [1.82, 2.24) is 10.2 Å². The van der Waals surface area contributed by atoms with Crippen LogP contribution in [-0.2, 0) is 0 Å². The molecule has 2 heteroatoms. The molecule has 0 spiro atoms. The van der Waals surface area contributed by atoms with Gasteiger partial charge in [-0.15, -0.1) is 0 Å². The van der Waals surface area contributed by atoms with E-state index < -0.39 is 0 Å². The highest BCUT2D eigenvalue weighted by atomic mass is 15.2. The van der Waals surface area contributed by atoms with Crippen molar-refractivity contribution in [3.8, 4) is 0 Å². The van der Waals surface area contributed by atoms with E-state index in [0.29, 0.717) is 11.5 Å². The average Bonchev–Trinajstić information content (AvgIpc) is 2.68. The van der Waals surface area contributed by atoms with Gasteiger partial charge in [0.15, 0.2) is 0 Å². The number of nitrogens with one attached hydrogen (secondary N) is 1. The Kier molecular flexibility index (Phi) is 6.82. The standard InChI is InChI=1S/C17H36N2/c1-7-12-18-16-15(10-11-17(16,5)6)19(9-3)13-14(4)8-2/h14-16,18H,7-13H2,1-6H3. The summed E-state index contributed by atoms with van der Waals surface area (Å²) in [4.78, 5) is 2.73. The van der Waals surface area contributed by atoms with Crippen molar-refractivity contribution < 1.29 is 0 Å². The molecule has 1 fully saturated rings. The van der Waals surface area contributed by atoms with Crippen LogP contribution in [0.4, 0.5) is 0 Å². The maximum absolute atomic E-state index is 3.84. The van der Waals surface area contributed by atoms with Gasteiger partial charge in [-0.05, 0) is 43.7 Å². The summed E-state index contributed by atoms with van der Waals surface area (Å²) in [7, 11) is 0. The normalized spacial score (nSPS) is 27.9. The lowest BCUT2D eigenvalue weighted by Crippen LogP contribution is -2.52. The molecule has 0 aromatic rings. The molecule has 3 atom stereocenters. The van der Waals surface area contributed by atoms with Gasteiger partial charge in [-0.2, -0.15) is 0 Å². The van der Waals surface area contributed by atoms with Gasteiger partial charge in [0, 0.05) is 18.6 Å². The predicted molar refractivity (Wildman–Crippen MR) is 85.6 cm³/mol. The lowest BCUT2D eigenvalue weighted by Gasteiger charge is -2.38. The van der Waals surface area contributed by atoms with Crippen LogP contribution in [0.3, 0.4) is 0 Å². The zero-order valence-electron chi connectivity index (χ0n) is 14.1. The van der Waals surface area contributed by atoms with E-state index in [4.69, 9.17) is 0 Å². The van der Waals surface area contributed by atoms with Gasteiger partial charge >= 0.3 is 0 Å². The van der Waals surface area contributed by atoms with E-state index in [1.807, 2.05) is 0 Å². The second-order valence-corrected chi connectivity index (χ2v) is 7.13. The summed E-state index contributed by atoms with van der Waals surface area (Å²) >= 11 is 0. The summed E-state index contributed by atoms with van der Waals surface area (Å²) in [6.07, 6.45) is 5.24. The van der Waals surface area contributed by atoms with Crippen LogP contribution in [0.25, 0.3) is 0 Å². The molecule has 0 amide bonds. The first-order chi connectivity index (χ1) is 8.96. The summed E-state index contributed by atoms with van der Waals surface area (Å²) in [5.74, 6) is 0.815. The topological polar surface area (TPSA) is 15.3 Å². The molecule has 0 heterocycles. The van der Waals surface area contributed by atoms with Gasteiger partial charge in [0.2, 0.25) is 0 Å². The first kappa shape index (κ1) is 17.0. The molecular formula is C17H36N2. The number of likely N-dealkylation sites (N-methyl/N-ethyl adjacent to an activating group) is 1. The second-order valence-electron chi connectivity index (χ2n) is 7.13. The second kappa shape index (κ2) is 7.64. The Morgan fingerprint density at radius 1 is 1.26 bits per heavy atom. The molecule has 0 aromatic heterocycles. The molecule has 2 nitrogen and oxygen atoms in total. The minimum Gasteiger partial charge on any atom is -0.312 e. The Morgan fingerprint density at radius 3 is 2.47 bits per heavy atom. The SMILES string of the molecule is CCCNC1C(N(CC)CC(C)CC)CCC1(C)C. The van der Waals surface area contributed by atoms with Gasteiger partial charge < -0.3 is 5.32 Å². The molecule has 1 aliphatic rings. The lowest BCUT2D eigenvalue weighted by atomic mass is 9.86. The van der Waals surface area contributed by atoms with Crippen LogP contribution in [0.2, 0.25) is 0 Å². The molecule has 3 unspecified atom stereocenters. The predicted octanol–water partition coefficient (Wildman–Crippen LogP) is 3.91. The van der Waals surface area contributed by atoms with Crippen LogP contribution in [0.1, 0.15) is 67.2 Å². The molecule has 0 saturated heterocycles. The molecule has 0 bridgehead atoms. The zero-order chi connectivity index (χ0) is 14.5. The van der Waals surface area contributed by atoms with Crippen LogP contribution < -0.4 is 5.32 Å². The Hall–Kier alpha value is -0.0800. The van der Waals surface area contributed by atoms with E-state index >= 15 is 0 Å². The van der Waals surface area contributed by atoms with E-state index in [9.17, 15) is 0 Å². The van der Waals surface area contributed by atoms with Gasteiger partial charge in [-0.3, -0.25) is 4.90 Å². The minimum atomic E-state index is 0.447. The highest BCUT2D eigenvalue weighted by Gasteiger charge is 2.43. The Labute approximate surface area is 121 Å². The number of hydrogen-bond acceptors (Lipinski definition) is 2. The summed E-state index contributed by atoms with van der Waals surface area (Å²) in [6, 6.07) is 1.40. The third-order valence-corrected chi connectivity index (χ3v) is 5.04. The maximum atomic E-state index is 3.84. The molecule has 1 aliphatic carbocycles. The molecule has 1 N–H and O–H groups in total. The smallest absolute Gasteiger partial charge is 0.0274 e. The van der Waals surface area contributed by atoms with Crippen molar-refractivity contribution in [1.29, 1.82) is 0 Å². The quantitative estimate of drug-likeness (QED) is 0.718. The third-order valence-electron chi connectivity index (χ3n) is 5.04. The highest BCUT2D eigenvalue weighted by molar-refractivity contribution is 5.01. The van der Waals surface area contributed by atoms with Gasteiger partial charge in [-0.25, -0.2) is 0 Å². The van der Waals surface area contributed by atoms with Crippen LogP contribution in [0, 0.1) is 11.3 Å². The van der Waals surface area contributed by atoms with Crippen LogP contribution in [0.15, 0.2) is 0 Å². The lowest BCUT2D eigenvalue weighted by molar-refractivity contribution is 0.132. The highest BCUT2D eigenvalue weighted by Crippen LogP contribution is 2.40. The van der Waals surface area contributed by atoms with E-state index in [1.54, 1.807) is 0 Å². The van der Waals surface area contributed by atoms with Crippen LogP contribution in [0.5, 0.6) is 0 Å². The van der Waals surface area contributed by atoms with E-state index in [0.717, 1.165) is 18.5 Å². The zero-order valence-corrected chi connectivity index (χ0v) is 14.1. The molecule has 19 heavy (non-hydrogen) atoms.